The number of rotatable bonds is 5. The predicted octanol–water partition coefficient (Wildman–Crippen LogP) is 2.75. The van der Waals surface area contributed by atoms with Crippen LogP contribution in [0.25, 0.3) is 0 Å². The third-order valence-corrected chi connectivity index (χ3v) is 3.40. The summed E-state index contributed by atoms with van der Waals surface area (Å²) in [4.78, 5) is 34.8. The molecule has 1 amide bonds. The summed E-state index contributed by atoms with van der Waals surface area (Å²) >= 11 is 1.35. The molecule has 2 rings (SSSR count). The molecule has 1 aromatic heterocycles. The van der Waals surface area contributed by atoms with Crippen LogP contribution in [-0.4, -0.2) is 24.3 Å². The summed E-state index contributed by atoms with van der Waals surface area (Å²) in [5.41, 5.74) is 0.905. The van der Waals surface area contributed by atoms with Crippen LogP contribution in [0.15, 0.2) is 41.8 Å². The van der Waals surface area contributed by atoms with Crippen molar-refractivity contribution in [3.63, 3.8) is 0 Å². The fraction of sp³-hybridized carbons (Fsp3) is 0.133. The Hall–Kier alpha value is -2.47. The van der Waals surface area contributed by atoms with Crippen molar-refractivity contribution in [2.75, 3.05) is 11.9 Å². The van der Waals surface area contributed by atoms with Crippen molar-refractivity contribution in [1.82, 2.24) is 0 Å². The second-order valence-corrected chi connectivity index (χ2v) is 5.23. The van der Waals surface area contributed by atoms with Crippen LogP contribution in [0.2, 0.25) is 0 Å². The van der Waals surface area contributed by atoms with Gasteiger partial charge in [-0.1, -0.05) is 6.07 Å². The van der Waals surface area contributed by atoms with Gasteiger partial charge >= 0.3 is 5.97 Å². The number of Topliss-reactive ketones (excluding diaryl/α,β-unsaturated/α-hetero) is 1. The lowest BCUT2D eigenvalue weighted by Gasteiger charge is -2.05. The summed E-state index contributed by atoms with van der Waals surface area (Å²) in [5.74, 6) is -0.985. The Kier molecular flexibility index (Phi) is 4.84. The molecule has 21 heavy (non-hydrogen) atoms. The number of hydrogen-bond donors (Lipinski definition) is 1. The SMILES string of the molecule is CC(=O)COC(=O)c1ccc(NC(=O)c2cccs2)cc1. The lowest BCUT2D eigenvalue weighted by atomic mass is 10.2. The zero-order valence-electron chi connectivity index (χ0n) is 11.3. The number of amides is 1. The molecule has 6 heteroatoms. The first-order valence-electron chi connectivity index (χ1n) is 6.18. The van der Waals surface area contributed by atoms with Gasteiger partial charge in [0.1, 0.15) is 6.61 Å². The largest absolute Gasteiger partial charge is 0.454 e. The molecule has 5 nitrogen and oxygen atoms in total. The van der Waals surface area contributed by atoms with Crippen molar-refractivity contribution in [3.8, 4) is 0 Å². The first-order valence-corrected chi connectivity index (χ1v) is 7.05. The minimum absolute atomic E-state index is 0.197. The van der Waals surface area contributed by atoms with Crippen molar-refractivity contribution >= 4 is 34.7 Å². The van der Waals surface area contributed by atoms with Crippen molar-refractivity contribution in [1.29, 1.82) is 0 Å². The Balaban J connectivity index is 1.97. The summed E-state index contributed by atoms with van der Waals surface area (Å²) in [6.07, 6.45) is 0. The number of ketones is 1. The number of anilines is 1. The third kappa shape index (κ3) is 4.25. The van der Waals surface area contributed by atoms with E-state index < -0.39 is 5.97 Å². The Morgan fingerprint density at radius 2 is 1.86 bits per heavy atom. The summed E-state index contributed by atoms with van der Waals surface area (Å²) < 4.78 is 4.80. The summed E-state index contributed by atoms with van der Waals surface area (Å²) in [6, 6.07) is 9.81. The van der Waals surface area contributed by atoms with E-state index in [2.05, 4.69) is 5.32 Å². The number of esters is 1. The molecule has 1 N–H and O–H groups in total. The van der Waals surface area contributed by atoms with E-state index in [1.54, 1.807) is 24.3 Å². The van der Waals surface area contributed by atoms with Crippen LogP contribution < -0.4 is 5.32 Å². The summed E-state index contributed by atoms with van der Waals surface area (Å²) in [5, 5.41) is 4.55. The van der Waals surface area contributed by atoms with Gasteiger partial charge in [-0.25, -0.2) is 4.79 Å². The van der Waals surface area contributed by atoms with Gasteiger partial charge in [0, 0.05) is 5.69 Å². The number of thiophene rings is 1. The molecule has 0 radical (unpaired) electrons. The predicted molar refractivity (Wildman–Crippen MR) is 79.7 cm³/mol. The van der Waals surface area contributed by atoms with Gasteiger partial charge in [0.15, 0.2) is 5.78 Å². The van der Waals surface area contributed by atoms with Crippen molar-refractivity contribution in [3.05, 3.63) is 52.2 Å². The lowest BCUT2D eigenvalue weighted by Crippen LogP contribution is -2.12. The van der Waals surface area contributed by atoms with Crippen LogP contribution in [-0.2, 0) is 9.53 Å². The van der Waals surface area contributed by atoms with Gasteiger partial charge in [-0.15, -0.1) is 11.3 Å². The minimum Gasteiger partial charge on any atom is -0.454 e. The fourth-order valence-electron chi connectivity index (χ4n) is 1.54. The average molecular weight is 303 g/mol. The first kappa shape index (κ1) is 14.9. The molecule has 108 valence electrons. The molecule has 0 fully saturated rings. The Bertz CT molecular complexity index is 647. The van der Waals surface area contributed by atoms with Gasteiger partial charge in [-0.05, 0) is 42.6 Å². The van der Waals surface area contributed by atoms with Crippen molar-refractivity contribution in [2.45, 2.75) is 6.92 Å². The van der Waals surface area contributed by atoms with Gasteiger partial charge < -0.3 is 10.1 Å². The number of carbonyl (C=O) groups is 3. The highest BCUT2D eigenvalue weighted by molar-refractivity contribution is 7.12. The van der Waals surface area contributed by atoms with E-state index in [4.69, 9.17) is 4.74 Å². The highest BCUT2D eigenvalue weighted by atomic mass is 32.1. The minimum atomic E-state index is -0.568. The molecule has 0 aliphatic carbocycles. The van der Waals surface area contributed by atoms with Gasteiger partial charge in [-0.2, -0.15) is 0 Å². The monoisotopic (exact) mass is 303 g/mol. The molecule has 0 saturated heterocycles. The molecule has 0 atom stereocenters. The van der Waals surface area contributed by atoms with Crippen LogP contribution in [0.1, 0.15) is 27.0 Å². The van der Waals surface area contributed by atoms with Gasteiger partial charge in [0.05, 0.1) is 10.4 Å². The maximum absolute atomic E-state index is 11.8. The first-order chi connectivity index (χ1) is 10.1. The highest BCUT2D eigenvalue weighted by Crippen LogP contribution is 2.14. The molecule has 0 bridgehead atoms. The van der Waals surface area contributed by atoms with E-state index in [0.29, 0.717) is 16.1 Å². The van der Waals surface area contributed by atoms with Crippen LogP contribution in [0.4, 0.5) is 5.69 Å². The maximum Gasteiger partial charge on any atom is 0.338 e. The van der Waals surface area contributed by atoms with E-state index in [9.17, 15) is 14.4 Å². The molecular formula is C15H13NO4S. The van der Waals surface area contributed by atoms with E-state index in [1.165, 1.54) is 30.4 Å². The Morgan fingerprint density at radius 1 is 1.14 bits per heavy atom. The smallest absolute Gasteiger partial charge is 0.338 e. The molecule has 0 spiro atoms. The van der Waals surface area contributed by atoms with Crippen LogP contribution in [0.3, 0.4) is 0 Å². The standard InChI is InChI=1S/C15H13NO4S/c1-10(17)9-20-15(19)11-4-6-12(7-5-11)16-14(18)13-3-2-8-21-13/h2-8H,9H2,1H3,(H,16,18). The fourth-order valence-corrected chi connectivity index (χ4v) is 2.16. The molecule has 1 heterocycles. The average Bonchev–Trinajstić information content (AvgIpc) is 3.00. The molecule has 0 aliphatic heterocycles. The van der Waals surface area contributed by atoms with Crippen molar-refractivity contribution in [2.24, 2.45) is 0 Å². The van der Waals surface area contributed by atoms with E-state index in [1.807, 2.05) is 5.38 Å². The molecule has 0 unspecified atom stereocenters. The van der Waals surface area contributed by atoms with E-state index in [-0.39, 0.29) is 18.3 Å². The maximum atomic E-state index is 11.8. The quantitative estimate of drug-likeness (QED) is 0.862. The van der Waals surface area contributed by atoms with Crippen LogP contribution in [0, 0.1) is 0 Å². The number of carbonyl (C=O) groups excluding carboxylic acids is 3. The second kappa shape index (κ2) is 6.81. The summed E-state index contributed by atoms with van der Waals surface area (Å²) in [6.45, 7) is 1.10. The number of nitrogens with one attached hydrogen (secondary N) is 1. The molecule has 2 aromatic rings. The third-order valence-electron chi connectivity index (χ3n) is 2.53. The molecule has 1 aromatic carbocycles. The molecular weight excluding hydrogens is 290 g/mol. The number of ether oxygens (including phenoxy) is 1. The van der Waals surface area contributed by atoms with E-state index in [0.717, 1.165) is 0 Å². The topological polar surface area (TPSA) is 72.5 Å². The normalized spacial score (nSPS) is 9.95. The second-order valence-electron chi connectivity index (χ2n) is 4.29. The summed E-state index contributed by atoms with van der Waals surface area (Å²) in [7, 11) is 0. The molecule has 0 saturated carbocycles. The van der Waals surface area contributed by atoms with Crippen LogP contribution >= 0.6 is 11.3 Å². The Labute approximate surface area is 125 Å². The van der Waals surface area contributed by atoms with Gasteiger partial charge in [0.25, 0.3) is 5.91 Å². The van der Waals surface area contributed by atoms with Gasteiger partial charge in [-0.3, -0.25) is 9.59 Å². The zero-order valence-corrected chi connectivity index (χ0v) is 12.1. The zero-order chi connectivity index (χ0) is 15.2. The molecule has 0 aliphatic rings. The van der Waals surface area contributed by atoms with E-state index >= 15 is 0 Å². The van der Waals surface area contributed by atoms with Crippen molar-refractivity contribution < 1.29 is 19.1 Å². The van der Waals surface area contributed by atoms with Crippen LogP contribution in [0.5, 0.6) is 0 Å². The number of benzene rings is 1. The highest BCUT2D eigenvalue weighted by Gasteiger charge is 2.10. The van der Waals surface area contributed by atoms with Gasteiger partial charge in [0.2, 0.25) is 0 Å². The number of hydrogen-bond acceptors (Lipinski definition) is 5. The lowest BCUT2D eigenvalue weighted by molar-refractivity contribution is -0.120. The Morgan fingerprint density at radius 3 is 2.43 bits per heavy atom.